The van der Waals surface area contributed by atoms with E-state index >= 15 is 0 Å². The number of rotatable bonds is 5. The number of hydrogen-bond donors (Lipinski definition) is 2. The molecule has 0 saturated heterocycles. The lowest BCUT2D eigenvalue weighted by Gasteiger charge is -2.14. The summed E-state index contributed by atoms with van der Waals surface area (Å²) in [6.45, 7) is 4.10. The zero-order valence-corrected chi connectivity index (χ0v) is 9.90. The molecule has 2 N–H and O–H groups in total. The third-order valence-electron chi connectivity index (χ3n) is 2.41. The van der Waals surface area contributed by atoms with Crippen molar-refractivity contribution < 1.29 is 14.3 Å². The van der Waals surface area contributed by atoms with Crippen LogP contribution < -0.4 is 5.32 Å². The average molecular weight is 237 g/mol. The van der Waals surface area contributed by atoms with E-state index in [1.165, 1.54) is 12.1 Å². The number of benzene rings is 1. The molecule has 1 atom stereocenters. The van der Waals surface area contributed by atoms with Crippen molar-refractivity contribution in [1.29, 1.82) is 0 Å². The molecule has 0 aromatic heterocycles. The van der Waals surface area contributed by atoms with E-state index in [4.69, 9.17) is 5.11 Å². The first-order chi connectivity index (χ1) is 7.99. The minimum Gasteiger partial charge on any atom is -0.478 e. The Kier molecular flexibility index (Phi) is 4.84. The molecule has 0 spiro atoms. The number of halogens is 1. The second-order valence-electron chi connectivity index (χ2n) is 3.99. The molecule has 1 aromatic rings. The van der Waals surface area contributed by atoms with Gasteiger partial charge in [-0.25, -0.2) is 9.18 Å². The van der Waals surface area contributed by atoms with E-state index in [9.17, 15) is 9.18 Å². The summed E-state index contributed by atoms with van der Waals surface area (Å²) in [6, 6.07) is 6.32. The Labute approximate surface area is 100.0 Å². The van der Waals surface area contributed by atoms with Crippen LogP contribution in [0.3, 0.4) is 0 Å². The molecule has 0 unspecified atom stereocenters. The molecule has 0 aliphatic carbocycles. The first-order valence-electron chi connectivity index (χ1n) is 5.38. The van der Waals surface area contributed by atoms with Gasteiger partial charge in [0, 0.05) is 18.7 Å². The van der Waals surface area contributed by atoms with Gasteiger partial charge in [0.25, 0.3) is 0 Å². The Hall–Kier alpha value is -1.68. The molecule has 3 nitrogen and oxygen atoms in total. The van der Waals surface area contributed by atoms with Crippen LogP contribution in [0, 0.1) is 5.82 Å². The predicted molar refractivity (Wildman–Crippen MR) is 64.2 cm³/mol. The number of carbonyl (C=O) groups is 1. The Balaban J connectivity index is 2.56. The highest BCUT2D eigenvalue weighted by Gasteiger charge is 2.05. The maximum Gasteiger partial charge on any atom is 0.328 e. The molecular formula is C13H16FNO2. The fourth-order valence-corrected chi connectivity index (χ4v) is 1.47. The van der Waals surface area contributed by atoms with E-state index in [0.717, 1.165) is 17.2 Å². The van der Waals surface area contributed by atoms with Crippen LogP contribution in [0.1, 0.15) is 25.5 Å². The number of aliphatic carboxylic acids is 1. The molecule has 0 amide bonds. The normalized spacial score (nSPS) is 13.5. The fourth-order valence-electron chi connectivity index (χ4n) is 1.47. The lowest BCUT2D eigenvalue weighted by atomic mass is 10.1. The van der Waals surface area contributed by atoms with Gasteiger partial charge in [-0.2, -0.15) is 0 Å². The van der Waals surface area contributed by atoms with Crippen molar-refractivity contribution in [1.82, 2.24) is 5.32 Å². The van der Waals surface area contributed by atoms with E-state index in [2.05, 4.69) is 5.32 Å². The average Bonchev–Trinajstić information content (AvgIpc) is 2.25. The van der Waals surface area contributed by atoms with Crippen molar-refractivity contribution in [3.63, 3.8) is 0 Å². The van der Waals surface area contributed by atoms with E-state index in [-0.39, 0.29) is 11.9 Å². The summed E-state index contributed by atoms with van der Waals surface area (Å²) in [5.41, 5.74) is 1.56. The van der Waals surface area contributed by atoms with Crippen LogP contribution in [0.25, 0.3) is 0 Å². The number of carboxylic acid groups (broad SMARTS) is 1. The second-order valence-corrected chi connectivity index (χ2v) is 3.99. The highest BCUT2D eigenvalue weighted by molar-refractivity contribution is 5.80. The van der Waals surface area contributed by atoms with Gasteiger partial charge in [0.1, 0.15) is 5.82 Å². The van der Waals surface area contributed by atoms with Crippen molar-refractivity contribution in [2.45, 2.75) is 19.9 Å². The molecular weight excluding hydrogens is 221 g/mol. The lowest BCUT2D eigenvalue weighted by molar-refractivity contribution is -0.131. The predicted octanol–water partition coefficient (Wildman–Crippen LogP) is 2.51. The van der Waals surface area contributed by atoms with E-state index in [0.29, 0.717) is 6.54 Å². The van der Waals surface area contributed by atoms with Crippen molar-refractivity contribution in [2.75, 3.05) is 6.54 Å². The summed E-state index contributed by atoms with van der Waals surface area (Å²) in [5, 5.41) is 11.7. The molecule has 4 heteroatoms. The Morgan fingerprint density at radius 3 is 2.88 bits per heavy atom. The van der Waals surface area contributed by atoms with Gasteiger partial charge < -0.3 is 10.4 Å². The van der Waals surface area contributed by atoms with Crippen LogP contribution in [0.5, 0.6) is 0 Å². The van der Waals surface area contributed by atoms with E-state index < -0.39 is 5.97 Å². The van der Waals surface area contributed by atoms with Gasteiger partial charge in [-0.05, 0) is 31.5 Å². The zero-order valence-electron chi connectivity index (χ0n) is 9.90. The summed E-state index contributed by atoms with van der Waals surface area (Å²) in [7, 11) is 0. The quantitative estimate of drug-likeness (QED) is 0.773. The highest BCUT2D eigenvalue weighted by Crippen LogP contribution is 2.13. The molecule has 1 rings (SSSR count). The van der Waals surface area contributed by atoms with E-state index in [1.807, 2.05) is 13.0 Å². The van der Waals surface area contributed by atoms with Gasteiger partial charge in [0.05, 0.1) is 0 Å². The van der Waals surface area contributed by atoms with Crippen LogP contribution >= 0.6 is 0 Å². The second kappa shape index (κ2) is 6.15. The van der Waals surface area contributed by atoms with Gasteiger partial charge in [0.15, 0.2) is 0 Å². The largest absolute Gasteiger partial charge is 0.478 e. The molecule has 0 saturated carbocycles. The molecule has 0 aliphatic rings. The van der Waals surface area contributed by atoms with Crippen molar-refractivity contribution in [2.24, 2.45) is 0 Å². The maximum atomic E-state index is 13.0. The van der Waals surface area contributed by atoms with Crippen LogP contribution in [-0.2, 0) is 4.79 Å². The summed E-state index contributed by atoms with van der Waals surface area (Å²) in [6.07, 6.45) is 1.16. The minimum atomic E-state index is -0.956. The molecule has 17 heavy (non-hydrogen) atoms. The lowest BCUT2D eigenvalue weighted by Crippen LogP contribution is -2.21. The van der Waals surface area contributed by atoms with Gasteiger partial charge in [-0.15, -0.1) is 0 Å². The summed E-state index contributed by atoms with van der Waals surface area (Å²) in [5.74, 6) is -1.23. The molecule has 0 radical (unpaired) electrons. The van der Waals surface area contributed by atoms with Crippen LogP contribution in [-0.4, -0.2) is 17.6 Å². The number of hydrogen-bond acceptors (Lipinski definition) is 2. The third-order valence-corrected chi connectivity index (χ3v) is 2.41. The van der Waals surface area contributed by atoms with Crippen LogP contribution in [0.4, 0.5) is 4.39 Å². The summed E-state index contributed by atoms with van der Waals surface area (Å²) in [4.78, 5) is 10.4. The first kappa shape index (κ1) is 13.4. The first-order valence-corrected chi connectivity index (χ1v) is 5.38. The third kappa shape index (κ3) is 4.78. The topological polar surface area (TPSA) is 49.3 Å². The molecule has 1 aromatic carbocycles. The smallest absolute Gasteiger partial charge is 0.328 e. The molecule has 0 heterocycles. The highest BCUT2D eigenvalue weighted by atomic mass is 19.1. The van der Waals surface area contributed by atoms with Crippen molar-refractivity contribution in [3.05, 3.63) is 47.3 Å². The van der Waals surface area contributed by atoms with E-state index in [1.54, 1.807) is 13.0 Å². The van der Waals surface area contributed by atoms with Gasteiger partial charge in [-0.3, -0.25) is 0 Å². The zero-order chi connectivity index (χ0) is 12.8. The van der Waals surface area contributed by atoms with Gasteiger partial charge in [-0.1, -0.05) is 17.7 Å². The van der Waals surface area contributed by atoms with Crippen LogP contribution in [0.2, 0.25) is 0 Å². The summed E-state index contributed by atoms with van der Waals surface area (Å²) < 4.78 is 13.0. The standard InChI is InChI=1S/C13H16FNO2/c1-9(6-13(16)17)8-15-10(2)11-4-3-5-12(14)7-11/h3-7,10,15H,8H2,1-2H3,(H,16,17)/b9-6+/t10-/m1/s1. The van der Waals surface area contributed by atoms with Gasteiger partial charge in [0.2, 0.25) is 0 Å². The van der Waals surface area contributed by atoms with Crippen molar-refractivity contribution in [3.8, 4) is 0 Å². The van der Waals surface area contributed by atoms with Crippen molar-refractivity contribution >= 4 is 5.97 Å². The molecule has 92 valence electrons. The monoisotopic (exact) mass is 237 g/mol. The fraction of sp³-hybridized carbons (Fsp3) is 0.308. The minimum absolute atomic E-state index is 0.0251. The Morgan fingerprint density at radius 1 is 1.59 bits per heavy atom. The number of carboxylic acids is 1. The SMILES string of the molecule is C/C(=C\C(=O)O)CN[C@H](C)c1cccc(F)c1. The molecule has 0 aliphatic heterocycles. The maximum absolute atomic E-state index is 13.0. The summed E-state index contributed by atoms with van der Waals surface area (Å²) >= 11 is 0. The number of nitrogens with one attached hydrogen (secondary N) is 1. The van der Waals surface area contributed by atoms with Crippen LogP contribution in [0.15, 0.2) is 35.9 Å². The molecule has 0 bridgehead atoms. The Morgan fingerprint density at radius 2 is 2.29 bits per heavy atom. The van der Waals surface area contributed by atoms with Gasteiger partial charge >= 0.3 is 5.97 Å². The Bertz CT molecular complexity index is 429. The molecule has 0 fully saturated rings.